The molecule has 0 saturated heterocycles. The number of benzene rings is 4. The molecule has 0 aromatic heterocycles. The van der Waals surface area contributed by atoms with E-state index in [1.807, 2.05) is 42.5 Å². The van der Waals surface area contributed by atoms with Crippen molar-refractivity contribution in [2.24, 2.45) is 0 Å². The van der Waals surface area contributed by atoms with Gasteiger partial charge in [0.2, 0.25) is 0 Å². The highest BCUT2D eigenvalue weighted by Gasteiger charge is 2.10. The van der Waals surface area contributed by atoms with Gasteiger partial charge in [-0.25, -0.2) is 0 Å². The molecule has 0 bridgehead atoms. The predicted octanol–water partition coefficient (Wildman–Crippen LogP) is 6.35. The van der Waals surface area contributed by atoms with Gasteiger partial charge in [-0.3, -0.25) is 4.79 Å². The van der Waals surface area contributed by atoms with Crippen LogP contribution in [-0.4, -0.2) is 5.78 Å². The van der Waals surface area contributed by atoms with Crippen LogP contribution in [-0.2, 0) is 0 Å². The number of ketones is 1. The van der Waals surface area contributed by atoms with E-state index in [9.17, 15) is 4.79 Å². The van der Waals surface area contributed by atoms with Gasteiger partial charge in [0.25, 0.3) is 0 Å². The van der Waals surface area contributed by atoms with E-state index in [0.29, 0.717) is 5.56 Å². The monoisotopic (exact) mass is 336 g/mol. The minimum atomic E-state index is 0.0583. The van der Waals surface area contributed by atoms with Gasteiger partial charge in [-0.05, 0) is 41.8 Å². The molecule has 0 unspecified atom stereocenters. The number of aryl methyl sites for hydroxylation is 2. The molecular weight excluding hydrogens is 316 g/mol. The quantitative estimate of drug-likeness (QED) is 0.398. The molecule has 1 nitrogen and oxygen atoms in total. The Morgan fingerprint density at radius 1 is 0.538 bits per heavy atom. The first-order valence-electron chi connectivity index (χ1n) is 8.82. The third-order valence-electron chi connectivity index (χ3n) is 4.79. The lowest BCUT2D eigenvalue weighted by Gasteiger charge is -2.06. The lowest BCUT2D eigenvalue weighted by Crippen LogP contribution is -2.01. The number of rotatable bonds is 3. The summed E-state index contributed by atoms with van der Waals surface area (Å²) in [4.78, 5) is 12.8. The van der Waals surface area contributed by atoms with Gasteiger partial charge in [0.1, 0.15) is 0 Å². The van der Waals surface area contributed by atoms with Crippen molar-refractivity contribution in [3.05, 3.63) is 107 Å². The predicted molar refractivity (Wildman–Crippen MR) is 109 cm³/mol. The Balaban J connectivity index is 1.63. The van der Waals surface area contributed by atoms with Crippen molar-refractivity contribution in [3.63, 3.8) is 0 Å². The summed E-state index contributed by atoms with van der Waals surface area (Å²) in [6.45, 7) is 4.16. The fourth-order valence-electron chi connectivity index (χ4n) is 3.23. The summed E-state index contributed by atoms with van der Waals surface area (Å²) in [5, 5.41) is 2.26. The Hall–Kier alpha value is -3.19. The normalized spacial score (nSPS) is 10.8. The van der Waals surface area contributed by atoms with Gasteiger partial charge in [0, 0.05) is 11.1 Å². The molecule has 0 saturated carbocycles. The van der Waals surface area contributed by atoms with Gasteiger partial charge in [0.15, 0.2) is 5.78 Å². The molecule has 26 heavy (non-hydrogen) atoms. The minimum Gasteiger partial charge on any atom is -0.289 e. The van der Waals surface area contributed by atoms with Gasteiger partial charge in [-0.1, -0.05) is 90.0 Å². The van der Waals surface area contributed by atoms with Crippen LogP contribution in [0.5, 0.6) is 0 Å². The zero-order chi connectivity index (χ0) is 18.1. The summed E-state index contributed by atoms with van der Waals surface area (Å²) >= 11 is 0. The molecule has 4 rings (SSSR count). The average molecular weight is 336 g/mol. The SMILES string of the molecule is Cc1ccc(-c2ccc(C(=O)c3ccc4cc(C)ccc4c3)cc2)cc1. The molecule has 0 aliphatic heterocycles. The second-order valence-electron chi connectivity index (χ2n) is 6.84. The van der Waals surface area contributed by atoms with Gasteiger partial charge >= 0.3 is 0 Å². The zero-order valence-electron chi connectivity index (χ0n) is 15.0. The Kier molecular flexibility index (Phi) is 4.14. The molecule has 0 N–H and O–H groups in total. The summed E-state index contributed by atoms with van der Waals surface area (Å²) in [6.07, 6.45) is 0. The lowest BCUT2D eigenvalue weighted by atomic mass is 9.97. The van der Waals surface area contributed by atoms with Crippen LogP contribution in [0.4, 0.5) is 0 Å². The fourth-order valence-corrected chi connectivity index (χ4v) is 3.23. The third kappa shape index (κ3) is 3.16. The molecule has 0 radical (unpaired) electrons. The second-order valence-corrected chi connectivity index (χ2v) is 6.84. The largest absolute Gasteiger partial charge is 0.289 e. The van der Waals surface area contributed by atoms with E-state index in [0.717, 1.165) is 27.5 Å². The van der Waals surface area contributed by atoms with Gasteiger partial charge in [-0.15, -0.1) is 0 Å². The van der Waals surface area contributed by atoms with Gasteiger partial charge < -0.3 is 0 Å². The Labute approximate surface area is 153 Å². The van der Waals surface area contributed by atoms with Crippen LogP contribution in [0.25, 0.3) is 21.9 Å². The number of carbonyl (C=O) groups is 1. The fraction of sp³-hybridized carbons (Fsp3) is 0.0800. The zero-order valence-corrected chi connectivity index (χ0v) is 15.0. The molecule has 1 heteroatoms. The van der Waals surface area contributed by atoms with Crippen LogP contribution in [0.3, 0.4) is 0 Å². The van der Waals surface area contributed by atoms with Crippen molar-refractivity contribution in [2.75, 3.05) is 0 Å². The Bertz CT molecular complexity index is 1090. The van der Waals surface area contributed by atoms with Crippen LogP contribution in [0.15, 0.2) is 84.9 Å². The molecule has 0 spiro atoms. The molecule has 0 atom stereocenters. The van der Waals surface area contributed by atoms with E-state index < -0.39 is 0 Å². The van der Waals surface area contributed by atoms with Crippen molar-refractivity contribution in [3.8, 4) is 11.1 Å². The maximum absolute atomic E-state index is 12.8. The minimum absolute atomic E-state index is 0.0583. The number of fused-ring (bicyclic) bond motifs is 1. The topological polar surface area (TPSA) is 17.1 Å². The highest BCUT2D eigenvalue weighted by atomic mass is 16.1. The Morgan fingerprint density at radius 3 is 1.73 bits per heavy atom. The highest BCUT2D eigenvalue weighted by molar-refractivity contribution is 6.10. The second kappa shape index (κ2) is 6.61. The maximum atomic E-state index is 12.8. The van der Waals surface area contributed by atoms with Gasteiger partial charge in [-0.2, -0.15) is 0 Å². The van der Waals surface area contributed by atoms with Gasteiger partial charge in [0.05, 0.1) is 0 Å². The molecular formula is C25H20O. The summed E-state index contributed by atoms with van der Waals surface area (Å²) < 4.78 is 0. The first-order valence-corrected chi connectivity index (χ1v) is 8.82. The molecule has 126 valence electrons. The van der Waals surface area contributed by atoms with Crippen molar-refractivity contribution in [2.45, 2.75) is 13.8 Å². The molecule has 0 amide bonds. The number of carbonyl (C=O) groups excluding carboxylic acids is 1. The van der Waals surface area contributed by atoms with E-state index in [1.54, 1.807) is 0 Å². The molecule has 0 heterocycles. The molecule has 0 aliphatic rings. The number of hydrogen-bond acceptors (Lipinski definition) is 1. The Morgan fingerprint density at radius 2 is 1.04 bits per heavy atom. The van der Waals surface area contributed by atoms with Crippen LogP contribution >= 0.6 is 0 Å². The van der Waals surface area contributed by atoms with Crippen LogP contribution in [0, 0.1) is 13.8 Å². The molecule has 4 aromatic carbocycles. The summed E-state index contributed by atoms with van der Waals surface area (Å²) in [5.74, 6) is 0.0583. The van der Waals surface area contributed by atoms with E-state index in [-0.39, 0.29) is 5.78 Å². The average Bonchev–Trinajstić information content (AvgIpc) is 2.68. The van der Waals surface area contributed by atoms with E-state index >= 15 is 0 Å². The van der Waals surface area contributed by atoms with Crippen LogP contribution in [0.2, 0.25) is 0 Å². The first-order chi connectivity index (χ1) is 12.6. The standard InChI is InChI=1S/C25H20O/c1-17-3-6-19(7-4-17)20-9-11-21(12-10-20)25(26)24-14-13-22-15-18(2)5-8-23(22)16-24/h3-16H,1-2H3. The maximum Gasteiger partial charge on any atom is 0.193 e. The van der Waals surface area contributed by atoms with E-state index in [4.69, 9.17) is 0 Å². The van der Waals surface area contributed by atoms with Crippen molar-refractivity contribution < 1.29 is 4.79 Å². The van der Waals surface area contributed by atoms with Crippen LogP contribution in [0.1, 0.15) is 27.0 Å². The van der Waals surface area contributed by atoms with E-state index in [1.165, 1.54) is 11.1 Å². The lowest BCUT2D eigenvalue weighted by molar-refractivity contribution is 0.103. The number of hydrogen-bond donors (Lipinski definition) is 0. The third-order valence-corrected chi connectivity index (χ3v) is 4.79. The van der Waals surface area contributed by atoms with Crippen molar-refractivity contribution in [1.29, 1.82) is 0 Å². The highest BCUT2D eigenvalue weighted by Crippen LogP contribution is 2.23. The summed E-state index contributed by atoms with van der Waals surface area (Å²) in [6, 6.07) is 28.5. The summed E-state index contributed by atoms with van der Waals surface area (Å²) in [5.41, 5.74) is 6.19. The molecule has 4 aromatic rings. The molecule has 0 aliphatic carbocycles. The molecule has 0 fully saturated rings. The van der Waals surface area contributed by atoms with E-state index in [2.05, 4.69) is 56.3 Å². The first kappa shape index (κ1) is 16.3. The summed E-state index contributed by atoms with van der Waals surface area (Å²) in [7, 11) is 0. The van der Waals surface area contributed by atoms with Crippen molar-refractivity contribution in [1.82, 2.24) is 0 Å². The van der Waals surface area contributed by atoms with Crippen LogP contribution < -0.4 is 0 Å². The van der Waals surface area contributed by atoms with Crippen molar-refractivity contribution >= 4 is 16.6 Å². The smallest absolute Gasteiger partial charge is 0.193 e.